The fraction of sp³-hybridized carbons (Fsp3) is 1.00. The van der Waals surface area contributed by atoms with Gasteiger partial charge in [0.1, 0.15) is 0 Å². The summed E-state index contributed by atoms with van der Waals surface area (Å²) in [5, 5.41) is 10.3. The van der Waals surface area contributed by atoms with E-state index in [1.54, 1.807) is 0 Å². The zero-order valence-corrected chi connectivity index (χ0v) is 10.5. The average Bonchev–Trinajstić information content (AvgIpc) is 2.63. The van der Waals surface area contributed by atoms with Gasteiger partial charge >= 0.3 is 0 Å². The Kier molecular flexibility index (Phi) is 4.56. The predicted molar refractivity (Wildman–Crippen MR) is 62.0 cm³/mol. The number of rotatable bonds is 5. The molecule has 0 radical (unpaired) electrons. The van der Waals surface area contributed by atoms with E-state index in [0.29, 0.717) is 6.61 Å². The minimum absolute atomic E-state index is 0.0467. The molecule has 0 aromatic heterocycles. The van der Waals surface area contributed by atoms with Crippen LogP contribution in [0.15, 0.2) is 0 Å². The van der Waals surface area contributed by atoms with Gasteiger partial charge in [0.25, 0.3) is 0 Å². The summed E-state index contributed by atoms with van der Waals surface area (Å²) in [4.78, 5) is 2.17. The molecule has 0 aliphatic heterocycles. The van der Waals surface area contributed by atoms with E-state index >= 15 is 0 Å². The van der Waals surface area contributed by atoms with Gasteiger partial charge < -0.3 is 14.7 Å². The van der Waals surface area contributed by atoms with Crippen LogP contribution in [0.25, 0.3) is 0 Å². The van der Waals surface area contributed by atoms with Crippen LogP contribution in [0.3, 0.4) is 0 Å². The number of aliphatic hydroxyl groups excluding tert-OH is 1. The van der Waals surface area contributed by atoms with Gasteiger partial charge in [-0.25, -0.2) is 0 Å². The second-order valence-corrected chi connectivity index (χ2v) is 5.10. The molecule has 1 atom stereocenters. The largest absolute Gasteiger partial charge is 0.389 e. The van der Waals surface area contributed by atoms with Crippen LogP contribution < -0.4 is 0 Å². The van der Waals surface area contributed by atoms with Crippen LogP contribution >= 0.6 is 0 Å². The molecule has 0 aromatic carbocycles. The van der Waals surface area contributed by atoms with Gasteiger partial charge in [-0.3, -0.25) is 0 Å². The molecule has 0 spiro atoms. The van der Waals surface area contributed by atoms with E-state index in [-0.39, 0.29) is 17.7 Å². The van der Waals surface area contributed by atoms with Gasteiger partial charge in [-0.2, -0.15) is 0 Å². The Hall–Kier alpha value is -0.120. The first-order valence-corrected chi connectivity index (χ1v) is 5.96. The van der Waals surface area contributed by atoms with Gasteiger partial charge in [0.2, 0.25) is 0 Å². The lowest BCUT2D eigenvalue weighted by molar-refractivity contribution is -0.0680. The topological polar surface area (TPSA) is 32.7 Å². The first-order chi connectivity index (χ1) is 6.99. The lowest BCUT2D eigenvalue weighted by Crippen LogP contribution is -2.53. The highest BCUT2D eigenvalue weighted by Gasteiger charge is 2.42. The molecule has 0 saturated heterocycles. The maximum atomic E-state index is 10.3. The highest BCUT2D eigenvalue weighted by atomic mass is 16.5. The van der Waals surface area contributed by atoms with Crippen molar-refractivity contribution in [2.24, 2.45) is 0 Å². The van der Waals surface area contributed by atoms with Gasteiger partial charge in [0.05, 0.1) is 18.8 Å². The van der Waals surface area contributed by atoms with E-state index in [4.69, 9.17) is 4.74 Å². The third-order valence-electron chi connectivity index (χ3n) is 3.57. The molecular formula is C12H25NO2. The normalized spacial score (nSPS) is 22.6. The van der Waals surface area contributed by atoms with Crippen molar-refractivity contribution in [3.63, 3.8) is 0 Å². The summed E-state index contributed by atoms with van der Waals surface area (Å²) in [7, 11) is 4.12. The molecule has 0 heterocycles. The van der Waals surface area contributed by atoms with E-state index in [0.717, 1.165) is 12.8 Å². The number of nitrogens with zero attached hydrogens (tertiary/aromatic N) is 1. The van der Waals surface area contributed by atoms with Crippen LogP contribution in [0.1, 0.15) is 39.5 Å². The van der Waals surface area contributed by atoms with Crippen molar-refractivity contribution in [2.75, 3.05) is 20.7 Å². The van der Waals surface area contributed by atoms with Crippen molar-refractivity contribution in [3.8, 4) is 0 Å². The fourth-order valence-corrected chi connectivity index (χ4v) is 2.50. The molecular weight excluding hydrogens is 190 g/mol. The summed E-state index contributed by atoms with van der Waals surface area (Å²) >= 11 is 0. The Balaban J connectivity index is 2.56. The summed E-state index contributed by atoms with van der Waals surface area (Å²) in [6.07, 6.45) is 4.44. The summed E-state index contributed by atoms with van der Waals surface area (Å²) in [6, 6.07) is 0. The Morgan fingerprint density at radius 3 is 2.20 bits per heavy atom. The summed E-state index contributed by atoms with van der Waals surface area (Å²) in [5.74, 6) is 0. The van der Waals surface area contributed by atoms with Gasteiger partial charge in [-0.15, -0.1) is 0 Å². The molecule has 15 heavy (non-hydrogen) atoms. The smallest absolute Gasteiger partial charge is 0.0956 e. The van der Waals surface area contributed by atoms with E-state index in [9.17, 15) is 5.11 Å². The summed E-state index contributed by atoms with van der Waals surface area (Å²) in [6.45, 7) is 4.46. The molecule has 1 unspecified atom stereocenters. The molecule has 0 aromatic rings. The van der Waals surface area contributed by atoms with Crippen molar-refractivity contribution in [1.82, 2.24) is 4.90 Å². The average molecular weight is 215 g/mol. The minimum atomic E-state index is -0.364. The van der Waals surface area contributed by atoms with Crippen LogP contribution in [0.2, 0.25) is 0 Å². The molecule has 0 bridgehead atoms. The van der Waals surface area contributed by atoms with E-state index < -0.39 is 0 Å². The standard InChI is InChI=1S/C12H25NO2/c1-10(2)15-9-11(14)12(13(3)4)7-5-6-8-12/h10-11,14H,5-9H2,1-4H3. The highest BCUT2D eigenvalue weighted by Crippen LogP contribution is 2.36. The fourth-order valence-electron chi connectivity index (χ4n) is 2.50. The van der Waals surface area contributed by atoms with Crippen LogP contribution in [-0.4, -0.2) is 48.5 Å². The molecule has 1 rings (SSSR count). The second kappa shape index (κ2) is 5.28. The number of hydrogen-bond acceptors (Lipinski definition) is 3. The lowest BCUT2D eigenvalue weighted by atomic mass is 9.89. The number of aliphatic hydroxyl groups is 1. The van der Waals surface area contributed by atoms with Crippen LogP contribution in [0.4, 0.5) is 0 Å². The zero-order chi connectivity index (χ0) is 11.5. The minimum Gasteiger partial charge on any atom is -0.389 e. The first kappa shape index (κ1) is 12.9. The third-order valence-corrected chi connectivity index (χ3v) is 3.57. The third kappa shape index (κ3) is 2.92. The van der Waals surface area contributed by atoms with Crippen LogP contribution in [0, 0.1) is 0 Å². The van der Waals surface area contributed by atoms with Crippen molar-refractivity contribution < 1.29 is 9.84 Å². The monoisotopic (exact) mass is 215 g/mol. The van der Waals surface area contributed by atoms with E-state index in [1.807, 2.05) is 13.8 Å². The Morgan fingerprint density at radius 2 is 1.80 bits per heavy atom. The predicted octanol–water partition coefficient (Wildman–Crippen LogP) is 1.65. The van der Waals surface area contributed by atoms with Crippen molar-refractivity contribution in [3.05, 3.63) is 0 Å². The second-order valence-electron chi connectivity index (χ2n) is 5.10. The molecule has 1 saturated carbocycles. The molecule has 3 heteroatoms. The van der Waals surface area contributed by atoms with Crippen molar-refractivity contribution >= 4 is 0 Å². The molecule has 0 amide bonds. The molecule has 1 N–H and O–H groups in total. The molecule has 1 fully saturated rings. The van der Waals surface area contributed by atoms with Crippen LogP contribution in [0.5, 0.6) is 0 Å². The number of hydrogen-bond donors (Lipinski definition) is 1. The summed E-state index contributed by atoms with van der Waals surface area (Å²) < 4.78 is 5.51. The van der Waals surface area contributed by atoms with Gasteiger partial charge in [-0.1, -0.05) is 12.8 Å². The Labute approximate surface area is 93.4 Å². The summed E-state index contributed by atoms with van der Waals surface area (Å²) in [5.41, 5.74) is -0.0467. The zero-order valence-electron chi connectivity index (χ0n) is 10.5. The number of ether oxygens (including phenoxy) is 1. The van der Waals surface area contributed by atoms with Gasteiger partial charge in [-0.05, 0) is 40.8 Å². The van der Waals surface area contributed by atoms with E-state index in [2.05, 4.69) is 19.0 Å². The Morgan fingerprint density at radius 1 is 1.27 bits per heavy atom. The van der Waals surface area contributed by atoms with Crippen LogP contribution in [-0.2, 0) is 4.74 Å². The lowest BCUT2D eigenvalue weighted by Gasteiger charge is -2.40. The maximum Gasteiger partial charge on any atom is 0.0956 e. The first-order valence-electron chi connectivity index (χ1n) is 5.96. The highest BCUT2D eigenvalue weighted by molar-refractivity contribution is 4.98. The van der Waals surface area contributed by atoms with Gasteiger partial charge in [0.15, 0.2) is 0 Å². The Bertz CT molecular complexity index is 186. The SMILES string of the molecule is CC(C)OCC(O)C1(N(C)C)CCCC1. The molecule has 1 aliphatic carbocycles. The van der Waals surface area contributed by atoms with Crippen molar-refractivity contribution in [2.45, 2.75) is 57.3 Å². The quantitative estimate of drug-likeness (QED) is 0.757. The molecule has 1 aliphatic rings. The van der Waals surface area contributed by atoms with E-state index in [1.165, 1.54) is 12.8 Å². The molecule has 3 nitrogen and oxygen atoms in total. The number of likely N-dealkylation sites (N-methyl/N-ethyl adjacent to an activating group) is 1. The van der Waals surface area contributed by atoms with Gasteiger partial charge in [0, 0.05) is 5.54 Å². The molecule has 90 valence electrons. The van der Waals surface area contributed by atoms with Crippen molar-refractivity contribution in [1.29, 1.82) is 0 Å². The maximum absolute atomic E-state index is 10.3.